The zero-order valence-corrected chi connectivity index (χ0v) is 13.2. The monoisotopic (exact) mass is 286 g/mol. The van der Waals surface area contributed by atoms with Crippen LogP contribution in [0.2, 0.25) is 0 Å². The molecule has 0 atom stereocenters. The lowest BCUT2D eigenvalue weighted by Gasteiger charge is -2.21. The van der Waals surface area contributed by atoms with Crippen LogP contribution >= 0.6 is 0 Å². The van der Waals surface area contributed by atoms with Crippen molar-refractivity contribution in [2.45, 2.75) is 33.3 Å². The van der Waals surface area contributed by atoms with Crippen molar-refractivity contribution in [2.75, 3.05) is 7.11 Å². The van der Waals surface area contributed by atoms with Crippen LogP contribution in [-0.4, -0.2) is 17.8 Å². The Balaban J connectivity index is 2.40. The molecule has 0 aliphatic rings. The summed E-state index contributed by atoms with van der Waals surface area (Å²) >= 11 is 0. The van der Waals surface area contributed by atoms with Crippen molar-refractivity contribution in [3.8, 4) is 5.75 Å². The third-order valence-corrected chi connectivity index (χ3v) is 3.20. The van der Waals surface area contributed by atoms with Gasteiger partial charge in [0.25, 0.3) is 5.95 Å². The van der Waals surface area contributed by atoms with Crippen LogP contribution in [0.25, 0.3) is 16.3 Å². The molecule has 3 nitrogen and oxygen atoms in total. The van der Waals surface area contributed by atoms with Crippen molar-refractivity contribution in [2.24, 2.45) is 0 Å². The van der Waals surface area contributed by atoms with Gasteiger partial charge in [-0.2, -0.15) is 0 Å². The maximum atomic E-state index is 10.1. The van der Waals surface area contributed by atoms with E-state index < -0.39 is 5.60 Å². The van der Waals surface area contributed by atoms with E-state index in [2.05, 4.69) is 0 Å². The van der Waals surface area contributed by atoms with Crippen LogP contribution in [0.1, 0.15) is 33.3 Å². The average Bonchev–Trinajstić information content (AvgIpc) is 2.43. The molecule has 0 radical (unpaired) electrons. The molecule has 0 spiro atoms. The van der Waals surface area contributed by atoms with Crippen LogP contribution < -0.4 is 4.74 Å². The number of ether oxygens (including phenoxy) is 2. The van der Waals surface area contributed by atoms with Crippen LogP contribution in [-0.2, 0) is 4.74 Å². The molecule has 0 saturated heterocycles. The number of fused-ring (bicyclic) bond motifs is 1. The fourth-order valence-corrected chi connectivity index (χ4v) is 2.07. The Morgan fingerprint density at radius 2 is 1.62 bits per heavy atom. The van der Waals surface area contributed by atoms with Crippen molar-refractivity contribution in [1.82, 2.24) is 0 Å². The minimum Gasteiger partial charge on any atom is -0.497 e. The Morgan fingerprint density at radius 3 is 2.24 bits per heavy atom. The molecular formula is C18H22O3. The second-order valence-corrected chi connectivity index (χ2v) is 6.07. The SMILES string of the molecule is COc1ccc2cc(/C(C)=C(\O)OC(C)(C)C)ccc2c1. The third-order valence-electron chi connectivity index (χ3n) is 3.20. The quantitative estimate of drug-likeness (QED) is 0.815. The molecule has 2 rings (SSSR count). The Kier molecular flexibility index (Phi) is 4.12. The highest BCUT2D eigenvalue weighted by Crippen LogP contribution is 2.27. The summed E-state index contributed by atoms with van der Waals surface area (Å²) in [5.41, 5.74) is 1.24. The molecule has 112 valence electrons. The summed E-state index contributed by atoms with van der Waals surface area (Å²) in [4.78, 5) is 0. The largest absolute Gasteiger partial charge is 0.497 e. The summed E-state index contributed by atoms with van der Waals surface area (Å²) in [6, 6.07) is 11.9. The zero-order chi connectivity index (χ0) is 15.6. The van der Waals surface area contributed by atoms with Gasteiger partial charge in [-0.3, -0.25) is 0 Å². The molecule has 2 aromatic carbocycles. The number of hydrogen-bond acceptors (Lipinski definition) is 3. The molecule has 0 aliphatic heterocycles. The van der Waals surface area contributed by atoms with Crippen LogP contribution in [0.3, 0.4) is 0 Å². The molecule has 0 fully saturated rings. The number of methoxy groups -OCH3 is 1. The van der Waals surface area contributed by atoms with Gasteiger partial charge in [0.15, 0.2) is 0 Å². The van der Waals surface area contributed by atoms with Gasteiger partial charge in [0.05, 0.1) is 7.11 Å². The molecule has 0 heterocycles. The molecular weight excluding hydrogens is 264 g/mol. The normalized spacial score (nSPS) is 13.0. The van der Waals surface area contributed by atoms with E-state index >= 15 is 0 Å². The van der Waals surface area contributed by atoms with Gasteiger partial charge >= 0.3 is 0 Å². The highest BCUT2D eigenvalue weighted by molar-refractivity contribution is 5.87. The fourth-order valence-electron chi connectivity index (χ4n) is 2.07. The van der Waals surface area contributed by atoms with Gasteiger partial charge in [0, 0.05) is 5.57 Å². The van der Waals surface area contributed by atoms with E-state index in [9.17, 15) is 5.11 Å². The fraction of sp³-hybridized carbons (Fsp3) is 0.333. The van der Waals surface area contributed by atoms with Crippen LogP contribution in [0.4, 0.5) is 0 Å². The van der Waals surface area contributed by atoms with Crippen LogP contribution in [0, 0.1) is 0 Å². The average molecular weight is 286 g/mol. The number of rotatable bonds is 3. The van der Waals surface area contributed by atoms with Crippen molar-refractivity contribution in [1.29, 1.82) is 0 Å². The minimum absolute atomic E-state index is 0.0321. The van der Waals surface area contributed by atoms with Crippen molar-refractivity contribution >= 4 is 16.3 Å². The molecule has 0 saturated carbocycles. The highest BCUT2D eigenvalue weighted by Gasteiger charge is 2.15. The molecule has 0 bridgehead atoms. The van der Waals surface area contributed by atoms with E-state index in [1.165, 1.54) is 0 Å². The van der Waals surface area contributed by atoms with E-state index in [1.54, 1.807) is 7.11 Å². The maximum absolute atomic E-state index is 10.1. The molecule has 0 aliphatic carbocycles. The van der Waals surface area contributed by atoms with Crippen molar-refractivity contribution in [3.63, 3.8) is 0 Å². The van der Waals surface area contributed by atoms with Gasteiger partial charge in [-0.05, 0) is 62.2 Å². The Morgan fingerprint density at radius 1 is 1.00 bits per heavy atom. The number of aliphatic hydroxyl groups is 1. The predicted molar refractivity (Wildman–Crippen MR) is 86.6 cm³/mol. The summed E-state index contributed by atoms with van der Waals surface area (Å²) in [6.45, 7) is 7.57. The topological polar surface area (TPSA) is 38.7 Å². The summed E-state index contributed by atoms with van der Waals surface area (Å²) < 4.78 is 10.7. The first-order chi connectivity index (χ1) is 9.80. The van der Waals surface area contributed by atoms with Gasteiger partial charge in [-0.25, -0.2) is 0 Å². The summed E-state index contributed by atoms with van der Waals surface area (Å²) in [5.74, 6) is 0.803. The first-order valence-electron chi connectivity index (χ1n) is 6.97. The minimum atomic E-state index is -0.421. The van der Waals surface area contributed by atoms with Gasteiger partial charge < -0.3 is 14.6 Å². The van der Waals surface area contributed by atoms with Crippen LogP contribution in [0.5, 0.6) is 5.75 Å². The molecule has 0 aromatic heterocycles. The van der Waals surface area contributed by atoms with E-state index in [4.69, 9.17) is 9.47 Å². The van der Waals surface area contributed by atoms with Gasteiger partial charge in [0.1, 0.15) is 11.4 Å². The summed E-state index contributed by atoms with van der Waals surface area (Å²) in [7, 11) is 1.66. The molecule has 2 aromatic rings. The number of allylic oxidation sites excluding steroid dienone is 1. The zero-order valence-electron chi connectivity index (χ0n) is 13.2. The molecule has 21 heavy (non-hydrogen) atoms. The first-order valence-corrected chi connectivity index (χ1v) is 6.97. The Bertz CT molecular complexity index is 678. The second kappa shape index (κ2) is 5.68. The standard InChI is InChI=1S/C18H22O3/c1-12(17(19)21-18(2,3)4)13-6-7-15-11-16(20-5)9-8-14(15)10-13/h6-11,19H,1-5H3/b17-12+. The van der Waals surface area contributed by atoms with Gasteiger partial charge in [-0.15, -0.1) is 0 Å². The van der Waals surface area contributed by atoms with E-state index in [1.807, 2.05) is 64.1 Å². The Labute approximate surface area is 125 Å². The van der Waals surface area contributed by atoms with E-state index in [0.717, 1.165) is 27.7 Å². The van der Waals surface area contributed by atoms with Gasteiger partial charge in [0.2, 0.25) is 0 Å². The lowest BCUT2D eigenvalue weighted by molar-refractivity contribution is -0.0128. The lowest BCUT2D eigenvalue weighted by Crippen LogP contribution is -2.19. The lowest BCUT2D eigenvalue weighted by atomic mass is 10.0. The maximum Gasteiger partial charge on any atom is 0.280 e. The van der Waals surface area contributed by atoms with Crippen LogP contribution in [0.15, 0.2) is 42.3 Å². The van der Waals surface area contributed by atoms with E-state index in [-0.39, 0.29) is 5.95 Å². The van der Waals surface area contributed by atoms with E-state index in [0.29, 0.717) is 0 Å². The molecule has 3 heteroatoms. The predicted octanol–water partition coefficient (Wildman–Crippen LogP) is 4.91. The first kappa shape index (κ1) is 15.2. The van der Waals surface area contributed by atoms with Crippen molar-refractivity contribution in [3.05, 3.63) is 47.9 Å². The van der Waals surface area contributed by atoms with Crippen molar-refractivity contribution < 1.29 is 14.6 Å². The Hall–Kier alpha value is -2.16. The highest BCUT2D eigenvalue weighted by atomic mass is 16.6. The smallest absolute Gasteiger partial charge is 0.280 e. The molecule has 0 unspecified atom stereocenters. The summed E-state index contributed by atoms with van der Waals surface area (Å²) in [5, 5.41) is 12.3. The molecule has 0 amide bonds. The number of hydrogen-bond donors (Lipinski definition) is 1. The number of aliphatic hydroxyl groups excluding tert-OH is 1. The third kappa shape index (κ3) is 3.69. The second-order valence-electron chi connectivity index (χ2n) is 6.07. The summed E-state index contributed by atoms with van der Waals surface area (Å²) in [6.07, 6.45) is 0. The molecule has 1 N–H and O–H groups in total. The van der Waals surface area contributed by atoms with Gasteiger partial charge in [-0.1, -0.05) is 18.2 Å². The number of benzene rings is 2.